The first-order valence-electron chi connectivity index (χ1n) is 8.38. The third kappa shape index (κ3) is 4.57. The van der Waals surface area contributed by atoms with E-state index in [1.807, 2.05) is 0 Å². The molecule has 0 aliphatic carbocycles. The SMILES string of the molecule is Cc1nc(NC2CN(S(C)(=O)=O)C[C@H]2O)nnc1-c1ccc(C(F)(F)F)cc1O. The van der Waals surface area contributed by atoms with Crippen molar-refractivity contribution in [2.45, 2.75) is 25.2 Å². The van der Waals surface area contributed by atoms with E-state index in [-0.39, 0.29) is 36.0 Å². The number of hydrogen-bond donors (Lipinski definition) is 3. The molecular weight excluding hydrogens is 415 g/mol. The quantitative estimate of drug-likeness (QED) is 0.651. The van der Waals surface area contributed by atoms with Gasteiger partial charge in [0.2, 0.25) is 16.0 Å². The fourth-order valence-electron chi connectivity index (χ4n) is 2.95. The number of aliphatic hydroxyl groups excluding tert-OH is 1. The van der Waals surface area contributed by atoms with Crippen LogP contribution in [0.4, 0.5) is 19.1 Å². The molecule has 2 atom stereocenters. The summed E-state index contributed by atoms with van der Waals surface area (Å²) in [4.78, 5) is 4.15. The summed E-state index contributed by atoms with van der Waals surface area (Å²) < 4.78 is 62.5. The van der Waals surface area contributed by atoms with E-state index in [0.717, 1.165) is 22.7 Å². The smallest absolute Gasteiger partial charge is 0.416 e. The lowest BCUT2D eigenvalue weighted by Gasteiger charge is -2.16. The summed E-state index contributed by atoms with van der Waals surface area (Å²) in [6.45, 7) is 1.48. The van der Waals surface area contributed by atoms with E-state index in [0.29, 0.717) is 6.07 Å². The van der Waals surface area contributed by atoms with Gasteiger partial charge < -0.3 is 15.5 Å². The zero-order valence-corrected chi connectivity index (χ0v) is 16.2. The van der Waals surface area contributed by atoms with Crippen molar-refractivity contribution in [2.24, 2.45) is 0 Å². The minimum absolute atomic E-state index is 0.0112. The first kappa shape index (κ1) is 21.2. The van der Waals surface area contributed by atoms with E-state index in [1.54, 1.807) is 0 Å². The van der Waals surface area contributed by atoms with Gasteiger partial charge in [0.05, 0.1) is 29.7 Å². The highest BCUT2D eigenvalue weighted by atomic mass is 32.2. The average Bonchev–Trinajstić information content (AvgIpc) is 2.96. The van der Waals surface area contributed by atoms with Gasteiger partial charge in [-0.1, -0.05) is 0 Å². The van der Waals surface area contributed by atoms with Crippen LogP contribution in [0.25, 0.3) is 11.3 Å². The Morgan fingerprint density at radius 3 is 2.45 bits per heavy atom. The summed E-state index contributed by atoms with van der Waals surface area (Å²) in [5, 5.41) is 30.5. The van der Waals surface area contributed by atoms with Crippen LogP contribution in [0, 0.1) is 6.92 Å². The minimum atomic E-state index is -4.59. The molecule has 0 saturated carbocycles. The van der Waals surface area contributed by atoms with Crippen molar-refractivity contribution in [2.75, 3.05) is 24.7 Å². The summed E-state index contributed by atoms with van der Waals surface area (Å²) in [7, 11) is -3.46. The highest BCUT2D eigenvalue weighted by molar-refractivity contribution is 7.88. The number of anilines is 1. The van der Waals surface area contributed by atoms with Gasteiger partial charge in [0.1, 0.15) is 11.4 Å². The zero-order valence-electron chi connectivity index (χ0n) is 15.3. The lowest BCUT2D eigenvalue weighted by Crippen LogP contribution is -2.33. The van der Waals surface area contributed by atoms with Crippen molar-refractivity contribution in [3.63, 3.8) is 0 Å². The number of nitrogens with one attached hydrogen (secondary N) is 1. The second kappa shape index (κ2) is 7.39. The molecule has 2 heterocycles. The van der Waals surface area contributed by atoms with Crippen LogP contribution in [-0.2, 0) is 16.2 Å². The Bertz CT molecular complexity index is 1030. The molecule has 3 rings (SSSR count). The number of aliphatic hydroxyl groups is 1. The topological polar surface area (TPSA) is 129 Å². The zero-order chi connectivity index (χ0) is 21.6. The molecule has 1 unspecified atom stereocenters. The van der Waals surface area contributed by atoms with Gasteiger partial charge in [-0.2, -0.15) is 17.5 Å². The normalized spacial score (nSPS) is 20.8. The van der Waals surface area contributed by atoms with E-state index in [1.165, 1.54) is 6.92 Å². The lowest BCUT2D eigenvalue weighted by atomic mass is 10.1. The number of aryl methyl sites for hydroxylation is 1. The Balaban J connectivity index is 1.81. The second-order valence-electron chi connectivity index (χ2n) is 6.70. The molecule has 0 radical (unpaired) electrons. The number of alkyl halides is 3. The molecule has 1 aromatic heterocycles. The van der Waals surface area contributed by atoms with Crippen LogP contribution in [0.15, 0.2) is 18.2 Å². The Kier molecular flexibility index (Phi) is 5.40. The van der Waals surface area contributed by atoms with Crippen molar-refractivity contribution in [3.05, 3.63) is 29.5 Å². The maximum Gasteiger partial charge on any atom is 0.416 e. The van der Waals surface area contributed by atoms with Gasteiger partial charge in [0.15, 0.2) is 0 Å². The number of halogens is 3. The van der Waals surface area contributed by atoms with Gasteiger partial charge in [-0.05, 0) is 25.1 Å². The highest BCUT2D eigenvalue weighted by Crippen LogP contribution is 2.36. The van der Waals surface area contributed by atoms with Crippen LogP contribution in [0.1, 0.15) is 11.3 Å². The maximum absolute atomic E-state index is 12.7. The molecule has 1 fully saturated rings. The molecule has 13 heteroatoms. The number of rotatable bonds is 4. The van der Waals surface area contributed by atoms with Crippen molar-refractivity contribution < 1.29 is 31.8 Å². The number of phenols is 1. The van der Waals surface area contributed by atoms with Gasteiger partial charge >= 0.3 is 6.18 Å². The van der Waals surface area contributed by atoms with Crippen molar-refractivity contribution >= 4 is 16.0 Å². The fraction of sp³-hybridized carbons (Fsp3) is 0.438. The van der Waals surface area contributed by atoms with Crippen molar-refractivity contribution in [3.8, 4) is 17.0 Å². The Morgan fingerprint density at radius 1 is 1.24 bits per heavy atom. The number of benzene rings is 1. The van der Waals surface area contributed by atoms with Crippen LogP contribution in [0.3, 0.4) is 0 Å². The maximum atomic E-state index is 12.7. The van der Waals surface area contributed by atoms with Gasteiger partial charge in [-0.15, -0.1) is 10.2 Å². The monoisotopic (exact) mass is 433 g/mol. The third-order valence-corrected chi connectivity index (χ3v) is 5.72. The van der Waals surface area contributed by atoms with Gasteiger partial charge in [-0.25, -0.2) is 13.4 Å². The summed E-state index contributed by atoms with van der Waals surface area (Å²) in [6, 6.07) is 1.83. The first-order chi connectivity index (χ1) is 13.4. The van der Waals surface area contributed by atoms with Crippen LogP contribution in [-0.4, -0.2) is 69.6 Å². The average molecular weight is 433 g/mol. The summed E-state index contributed by atoms with van der Waals surface area (Å²) >= 11 is 0. The van der Waals surface area contributed by atoms with E-state index < -0.39 is 39.7 Å². The van der Waals surface area contributed by atoms with Gasteiger partial charge in [0, 0.05) is 18.7 Å². The highest BCUT2D eigenvalue weighted by Gasteiger charge is 2.36. The predicted octanol–water partition coefficient (Wildman–Crippen LogP) is 0.988. The third-order valence-electron chi connectivity index (χ3n) is 4.48. The summed E-state index contributed by atoms with van der Waals surface area (Å²) in [6.07, 6.45) is -4.53. The van der Waals surface area contributed by atoms with E-state index in [2.05, 4.69) is 20.5 Å². The number of aromatic nitrogens is 3. The molecule has 0 bridgehead atoms. The molecule has 1 aliphatic heterocycles. The Labute approximate surface area is 164 Å². The number of β-amino-alcohol motifs (C(OH)–C–C–N with tert-alkyl or cyclic N) is 1. The fourth-order valence-corrected chi connectivity index (χ4v) is 3.81. The molecule has 29 heavy (non-hydrogen) atoms. The summed E-state index contributed by atoms with van der Waals surface area (Å²) in [5.74, 6) is -0.605. The predicted molar refractivity (Wildman–Crippen MR) is 96.5 cm³/mol. The molecule has 3 N–H and O–H groups in total. The molecule has 2 aromatic rings. The van der Waals surface area contributed by atoms with Crippen molar-refractivity contribution in [1.29, 1.82) is 0 Å². The largest absolute Gasteiger partial charge is 0.507 e. The molecule has 9 nitrogen and oxygen atoms in total. The van der Waals surface area contributed by atoms with Crippen molar-refractivity contribution in [1.82, 2.24) is 19.5 Å². The Hall–Kier alpha value is -2.51. The lowest BCUT2D eigenvalue weighted by molar-refractivity contribution is -0.137. The molecule has 1 aliphatic rings. The summed E-state index contributed by atoms with van der Waals surface area (Å²) in [5.41, 5.74) is -0.607. The second-order valence-corrected chi connectivity index (χ2v) is 8.68. The molecule has 1 aromatic carbocycles. The number of hydrogen-bond acceptors (Lipinski definition) is 8. The molecule has 0 spiro atoms. The standard InChI is InChI=1S/C16H18F3N5O4S/c1-8-14(10-4-3-9(5-12(10)25)16(17,18)19)22-23-15(20-8)21-11-6-24(7-13(11)26)29(2,27)28/h3-5,11,13,25-26H,6-7H2,1-2H3,(H,20,21,23)/t11?,13-/m1/s1. The van der Waals surface area contributed by atoms with Crippen LogP contribution in [0.2, 0.25) is 0 Å². The van der Waals surface area contributed by atoms with Crippen LogP contribution < -0.4 is 5.32 Å². The first-order valence-corrected chi connectivity index (χ1v) is 10.2. The molecule has 1 saturated heterocycles. The van der Waals surface area contributed by atoms with Crippen LogP contribution >= 0.6 is 0 Å². The minimum Gasteiger partial charge on any atom is -0.507 e. The van der Waals surface area contributed by atoms with E-state index in [9.17, 15) is 31.8 Å². The number of aromatic hydroxyl groups is 1. The molecule has 158 valence electrons. The van der Waals surface area contributed by atoms with Gasteiger partial charge in [0.25, 0.3) is 0 Å². The number of phenolic OH excluding ortho intramolecular Hbond substituents is 1. The van der Waals surface area contributed by atoms with Crippen LogP contribution in [0.5, 0.6) is 5.75 Å². The molecule has 0 amide bonds. The molecular formula is C16H18F3N5O4S. The van der Waals surface area contributed by atoms with Gasteiger partial charge in [-0.3, -0.25) is 0 Å². The number of nitrogens with zero attached hydrogens (tertiary/aromatic N) is 4. The van der Waals surface area contributed by atoms with E-state index in [4.69, 9.17) is 0 Å². The Morgan fingerprint density at radius 2 is 1.93 bits per heavy atom. The van der Waals surface area contributed by atoms with E-state index >= 15 is 0 Å². The number of sulfonamides is 1.